The molecule has 0 unspecified atom stereocenters. The van der Waals surface area contributed by atoms with Gasteiger partial charge in [-0.15, -0.1) is 0 Å². The van der Waals surface area contributed by atoms with Crippen LogP contribution in [0.1, 0.15) is 24.3 Å². The average Bonchev–Trinajstić information content (AvgIpc) is 2.28. The van der Waals surface area contributed by atoms with Crippen LogP contribution in [0.25, 0.3) is 0 Å². The fourth-order valence-electron chi connectivity index (χ4n) is 2.18. The lowest BCUT2D eigenvalue weighted by Crippen LogP contribution is -2.44. The lowest BCUT2D eigenvalue weighted by molar-refractivity contribution is -0.128. The Morgan fingerprint density at radius 3 is 2.50 bits per heavy atom. The Bertz CT molecular complexity index is 410. The number of amides is 1. The minimum atomic E-state index is -0.190. The van der Waals surface area contributed by atoms with Crippen molar-refractivity contribution in [2.45, 2.75) is 24.8 Å². The van der Waals surface area contributed by atoms with E-state index in [-0.39, 0.29) is 11.7 Å². The van der Waals surface area contributed by atoms with Crippen LogP contribution in [0.4, 0.5) is 4.39 Å². The quantitative estimate of drug-likeness (QED) is 0.883. The van der Waals surface area contributed by atoms with Crippen molar-refractivity contribution in [3.8, 4) is 0 Å². The summed E-state index contributed by atoms with van der Waals surface area (Å²) in [5.41, 5.74) is 1.19. The van der Waals surface area contributed by atoms with Gasteiger partial charge < -0.3 is 10.2 Å². The lowest BCUT2D eigenvalue weighted by Gasteiger charge is -2.36. The third-order valence-electron chi connectivity index (χ3n) is 3.52. The minimum absolute atomic E-state index is 0.0974. The first-order chi connectivity index (χ1) is 8.56. The molecule has 1 N–H and O–H groups in total. The molecule has 0 aliphatic heterocycles. The summed E-state index contributed by atoms with van der Waals surface area (Å²) >= 11 is 0. The van der Waals surface area contributed by atoms with Gasteiger partial charge in [-0.2, -0.15) is 0 Å². The molecule has 1 saturated carbocycles. The van der Waals surface area contributed by atoms with Crippen molar-refractivity contribution < 1.29 is 9.18 Å². The predicted molar refractivity (Wildman–Crippen MR) is 68.9 cm³/mol. The molecule has 1 aromatic carbocycles. The highest BCUT2D eigenvalue weighted by molar-refractivity contribution is 5.77. The molecule has 0 heterocycles. The smallest absolute Gasteiger partial charge is 0.236 e. The maximum absolute atomic E-state index is 12.8. The van der Waals surface area contributed by atoms with Gasteiger partial charge in [-0.25, -0.2) is 4.39 Å². The zero-order chi connectivity index (χ0) is 13.1. The largest absolute Gasteiger partial charge is 0.348 e. The molecule has 1 aliphatic rings. The van der Waals surface area contributed by atoms with Gasteiger partial charge in [0.1, 0.15) is 5.82 Å². The number of carbonyl (C=O) groups is 1. The van der Waals surface area contributed by atoms with Gasteiger partial charge in [0.05, 0.1) is 6.54 Å². The minimum Gasteiger partial charge on any atom is -0.348 e. The molecule has 0 bridgehead atoms. The molecule has 3 nitrogen and oxygen atoms in total. The molecule has 0 spiro atoms. The van der Waals surface area contributed by atoms with E-state index in [9.17, 15) is 9.18 Å². The van der Waals surface area contributed by atoms with Crippen LogP contribution in [0.3, 0.4) is 0 Å². The van der Waals surface area contributed by atoms with Gasteiger partial charge in [0.2, 0.25) is 5.91 Å². The highest BCUT2D eigenvalue weighted by Crippen LogP contribution is 2.36. The number of likely N-dealkylation sites (N-methyl/N-ethyl adjacent to an activating group) is 1. The monoisotopic (exact) mass is 250 g/mol. The van der Waals surface area contributed by atoms with Crippen molar-refractivity contribution in [2.75, 3.05) is 20.6 Å². The molecule has 0 saturated heterocycles. The van der Waals surface area contributed by atoms with Gasteiger partial charge in [0.25, 0.3) is 0 Å². The number of carbonyl (C=O) groups excluding carboxylic acids is 1. The Labute approximate surface area is 107 Å². The molecule has 98 valence electrons. The van der Waals surface area contributed by atoms with E-state index in [1.165, 1.54) is 17.7 Å². The summed E-state index contributed by atoms with van der Waals surface area (Å²) in [4.78, 5) is 13.0. The Kier molecular flexibility index (Phi) is 3.97. The molecule has 1 aromatic rings. The summed E-state index contributed by atoms with van der Waals surface area (Å²) < 4.78 is 12.8. The van der Waals surface area contributed by atoms with Gasteiger partial charge in [0, 0.05) is 20.1 Å². The second-order valence-electron chi connectivity index (χ2n) is 5.09. The van der Waals surface area contributed by atoms with Crippen molar-refractivity contribution >= 4 is 5.91 Å². The zero-order valence-electron chi connectivity index (χ0n) is 10.8. The Balaban J connectivity index is 1.74. The van der Waals surface area contributed by atoms with E-state index < -0.39 is 0 Å². The molecule has 1 aliphatic carbocycles. The third-order valence-corrected chi connectivity index (χ3v) is 3.52. The number of hydrogen-bond acceptors (Lipinski definition) is 2. The molecular formula is C14H19FN2O. The van der Waals surface area contributed by atoms with Crippen LogP contribution >= 0.6 is 0 Å². The Morgan fingerprint density at radius 1 is 1.33 bits per heavy atom. The van der Waals surface area contributed by atoms with Gasteiger partial charge in [-0.3, -0.25) is 4.79 Å². The van der Waals surface area contributed by atoms with E-state index in [0.717, 1.165) is 12.8 Å². The number of rotatable bonds is 4. The topological polar surface area (TPSA) is 32.3 Å². The number of benzene rings is 1. The fourth-order valence-corrected chi connectivity index (χ4v) is 2.18. The fraction of sp³-hybridized carbons (Fsp3) is 0.500. The van der Waals surface area contributed by atoms with Crippen LogP contribution < -0.4 is 5.32 Å². The summed E-state index contributed by atoms with van der Waals surface area (Å²) in [5.74, 6) is 0.405. The van der Waals surface area contributed by atoms with E-state index in [2.05, 4.69) is 5.32 Å². The van der Waals surface area contributed by atoms with E-state index in [1.54, 1.807) is 19.0 Å². The Morgan fingerprint density at radius 2 is 1.94 bits per heavy atom. The normalized spacial score (nSPS) is 22.4. The average molecular weight is 250 g/mol. The highest BCUT2D eigenvalue weighted by atomic mass is 19.1. The zero-order valence-corrected chi connectivity index (χ0v) is 10.8. The van der Waals surface area contributed by atoms with Crippen LogP contribution in [0, 0.1) is 5.82 Å². The van der Waals surface area contributed by atoms with Gasteiger partial charge >= 0.3 is 0 Å². The number of nitrogens with one attached hydrogen (secondary N) is 1. The third kappa shape index (κ3) is 3.07. The first-order valence-corrected chi connectivity index (χ1v) is 6.25. The molecule has 1 fully saturated rings. The summed E-state index contributed by atoms with van der Waals surface area (Å²) in [6.45, 7) is 0.397. The maximum atomic E-state index is 12.8. The molecule has 0 aromatic heterocycles. The van der Waals surface area contributed by atoms with E-state index >= 15 is 0 Å². The second kappa shape index (κ2) is 5.48. The van der Waals surface area contributed by atoms with E-state index in [1.807, 2.05) is 12.1 Å². The molecule has 4 heteroatoms. The van der Waals surface area contributed by atoms with Crippen molar-refractivity contribution in [1.29, 1.82) is 0 Å². The predicted octanol–water partition coefficient (Wildman–Crippen LogP) is 1.75. The van der Waals surface area contributed by atoms with Crippen molar-refractivity contribution in [3.63, 3.8) is 0 Å². The highest BCUT2D eigenvalue weighted by Gasteiger charge is 2.30. The van der Waals surface area contributed by atoms with Crippen LogP contribution in [-0.4, -0.2) is 37.5 Å². The van der Waals surface area contributed by atoms with E-state index in [0.29, 0.717) is 18.5 Å². The van der Waals surface area contributed by atoms with Crippen molar-refractivity contribution in [2.24, 2.45) is 0 Å². The number of nitrogens with zero attached hydrogens (tertiary/aromatic N) is 1. The van der Waals surface area contributed by atoms with Gasteiger partial charge in [0.15, 0.2) is 0 Å². The molecule has 1 amide bonds. The lowest BCUT2D eigenvalue weighted by atomic mass is 9.76. The summed E-state index contributed by atoms with van der Waals surface area (Å²) in [6, 6.07) is 7.11. The summed E-state index contributed by atoms with van der Waals surface area (Å²) in [7, 11) is 3.51. The van der Waals surface area contributed by atoms with Gasteiger partial charge in [-0.05, 0) is 36.5 Å². The molecule has 18 heavy (non-hydrogen) atoms. The second-order valence-corrected chi connectivity index (χ2v) is 5.09. The van der Waals surface area contributed by atoms with Crippen molar-refractivity contribution in [1.82, 2.24) is 10.2 Å². The number of hydrogen-bond donors (Lipinski definition) is 1. The SMILES string of the molecule is CN(C)C(=O)CNC1CC(c2ccc(F)cc2)C1. The summed E-state index contributed by atoms with van der Waals surface area (Å²) in [5, 5.41) is 3.25. The van der Waals surface area contributed by atoms with E-state index in [4.69, 9.17) is 0 Å². The summed E-state index contributed by atoms with van der Waals surface area (Å²) in [6.07, 6.45) is 2.04. The Hall–Kier alpha value is -1.42. The maximum Gasteiger partial charge on any atom is 0.236 e. The standard InChI is InChI=1S/C14H19FN2O/c1-17(2)14(18)9-16-13-7-11(8-13)10-3-5-12(15)6-4-10/h3-6,11,13,16H,7-9H2,1-2H3. The first-order valence-electron chi connectivity index (χ1n) is 6.25. The molecule has 2 rings (SSSR count). The van der Waals surface area contributed by atoms with Crippen molar-refractivity contribution in [3.05, 3.63) is 35.6 Å². The van der Waals surface area contributed by atoms with Crippen LogP contribution in [-0.2, 0) is 4.79 Å². The molecular weight excluding hydrogens is 231 g/mol. The molecule has 0 atom stereocenters. The molecule has 0 radical (unpaired) electrons. The first kappa shape index (κ1) is 13.0. The number of halogens is 1. The van der Waals surface area contributed by atoms with Crippen LogP contribution in [0.15, 0.2) is 24.3 Å². The van der Waals surface area contributed by atoms with Crippen LogP contribution in [0.2, 0.25) is 0 Å². The van der Waals surface area contributed by atoms with Crippen LogP contribution in [0.5, 0.6) is 0 Å². The van der Waals surface area contributed by atoms with Gasteiger partial charge in [-0.1, -0.05) is 12.1 Å².